The minimum absolute atomic E-state index is 0. The molecule has 0 aromatic carbocycles. The van der Waals surface area contributed by atoms with Crippen molar-refractivity contribution in [2.24, 2.45) is 0 Å². The van der Waals surface area contributed by atoms with Gasteiger partial charge in [0.25, 0.3) is 0 Å². The number of carbonyl (C=O) groups is 2. The molecule has 220 valence electrons. The Morgan fingerprint density at radius 2 is 1.26 bits per heavy atom. The van der Waals surface area contributed by atoms with Gasteiger partial charge in [-0.25, -0.2) is 9.97 Å². The van der Waals surface area contributed by atoms with Crippen LogP contribution in [0.4, 0.5) is 0 Å². The van der Waals surface area contributed by atoms with Crippen molar-refractivity contribution in [3.63, 3.8) is 0 Å². The van der Waals surface area contributed by atoms with Gasteiger partial charge < -0.3 is 29.8 Å². The van der Waals surface area contributed by atoms with Gasteiger partial charge in [-0.05, 0) is 111 Å². The Labute approximate surface area is 260 Å². The molecule has 0 saturated heterocycles. The minimum Gasteiger partial charge on any atom is -0.550 e. The van der Waals surface area contributed by atoms with Gasteiger partial charge in [-0.3, -0.25) is 0 Å². The molecule has 0 saturated carbocycles. The third kappa shape index (κ3) is 5.91. The van der Waals surface area contributed by atoms with Crippen LogP contribution in [0, 0.1) is 13.8 Å². The molecule has 0 spiro atoms. The molecular formula is C34H32FeN4O4. The van der Waals surface area contributed by atoms with Gasteiger partial charge in [-0.2, -0.15) is 0 Å². The molecule has 8 nitrogen and oxygen atoms in total. The van der Waals surface area contributed by atoms with Crippen LogP contribution in [0.2, 0.25) is 0 Å². The number of allylic oxidation sites excluding steroid dienone is 5. The molecule has 0 amide bonds. The number of hydrogen-bond donors (Lipinski definition) is 2. The number of carboxylic acid groups (broad SMARTS) is 2. The van der Waals surface area contributed by atoms with E-state index in [-0.39, 0.29) is 42.8 Å². The van der Waals surface area contributed by atoms with Crippen LogP contribution in [0.15, 0.2) is 43.5 Å². The summed E-state index contributed by atoms with van der Waals surface area (Å²) in [5.41, 5.74) is 13.3. The molecule has 3 aromatic heterocycles. The number of hydrogen-bond acceptors (Lipinski definition) is 6. The number of aryl methyl sites for hydroxylation is 3. The summed E-state index contributed by atoms with van der Waals surface area (Å²) >= 11 is 0. The summed E-state index contributed by atoms with van der Waals surface area (Å²) in [6, 6.07) is 7.78. The van der Waals surface area contributed by atoms with Crippen molar-refractivity contribution in [3.05, 3.63) is 88.5 Å². The van der Waals surface area contributed by atoms with Gasteiger partial charge >= 0.3 is 17.1 Å². The molecule has 5 rings (SSSR count). The van der Waals surface area contributed by atoms with Crippen LogP contribution in [0.3, 0.4) is 0 Å². The minimum atomic E-state index is -1.14. The molecular weight excluding hydrogens is 584 g/mol. The monoisotopic (exact) mass is 616 g/mol. The molecule has 0 unspecified atom stereocenters. The summed E-state index contributed by atoms with van der Waals surface area (Å²) in [5, 5.41) is 22.8. The van der Waals surface area contributed by atoms with E-state index in [1.807, 2.05) is 58.0 Å². The van der Waals surface area contributed by atoms with E-state index in [4.69, 9.17) is 9.97 Å². The molecule has 43 heavy (non-hydrogen) atoms. The molecule has 0 atom stereocenters. The number of nitrogens with one attached hydrogen (secondary N) is 2. The molecule has 3 aromatic rings. The molecule has 5 heterocycles. The van der Waals surface area contributed by atoms with E-state index in [1.54, 1.807) is 6.08 Å². The van der Waals surface area contributed by atoms with Crippen molar-refractivity contribution < 1.29 is 36.9 Å². The first kappa shape index (κ1) is 31.5. The average Bonchev–Trinajstić information content (AvgIpc) is 3.59. The third-order valence-electron chi connectivity index (χ3n) is 8.20. The summed E-state index contributed by atoms with van der Waals surface area (Å²) < 4.78 is 0. The molecule has 0 fully saturated rings. The topological polar surface area (TPSA) is 138 Å². The van der Waals surface area contributed by atoms with Crippen LogP contribution in [-0.2, 0) is 33.1 Å². The van der Waals surface area contributed by atoms with Crippen molar-refractivity contribution in [3.8, 4) is 0 Å². The number of aromatic nitrogens is 4. The van der Waals surface area contributed by atoms with E-state index < -0.39 is 11.9 Å². The van der Waals surface area contributed by atoms with E-state index >= 15 is 0 Å². The smallest absolute Gasteiger partial charge is 0.550 e. The zero-order valence-electron chi connectivity index (χ0n) is 24.6. The Bertz CT molecular complexity index is 1920. The average molecular weight is 616 g/mol. The first-order chi connectivity index (χ1) is 20.0. The zero-order valence-corrected chi connectivity index (χ0v) is 25.7. The van der Waals surface area contributed by atoms with Crippen LogP contribution in [0.1, 0.15) is 78.1 Å². The van der Waals surface area contributed by atoms with E-state index in [2.05, 4.69) is 23.1 Å². The quantitative estimate of drug-likeness (QED) is 0.348. The zero-order chi connectivity index (χ0) is 30.3. The van der Waals surface area contributed by atoms with Gasteiger partial charge in [-0.1, -0.05) is 25.3 Å². The molecule has 2 aliphatic rings. The Morgan fingerprint density at radius 3 is 1.91 bits per heavy atom. The van der Waals surface area contributed by atoms with Gasteiger partial charge in [0, 0.05) is 45.1 Å². The van der Waals surface area contributed by atoms with Crippen LogP contribution in [0.25, 0.3) is 50.4 Å². The number of aliphatic carboxylic acids is 2. The Hall–Kier alpha value is -4.46. The molecule has 2 aliphatic heterocycles. The Morgan fingerprint density at radius 1 is 0.721 bits per heavy atom. The SMILES string of the molecule is C=CC1=C(C)c2cc3[nH]c(cc4nc(cc5[nH]c(cc1n2)c(C)c5CCC(=O)[O-])C(CCC(=O)[O-])=C4C)c(C)c3C=C.[Fe+2]. The Kier molecular flexibility index (Phi) is 9.09. The van der Waals surface area contributed by atoms with Crippen LogP contribution in [-0.4, -0.2) is 31.9 Å². The maximum atomic E-state index is 11.4. The number of rotatable bonds is 8. The second-order valence-electron chi connectivity index (χ2n) is 10.7. The number of nitrogens with zero attached hydrogens (tertiary/aromatic N) is 2. The largest absolute Gasteiger partial charge is 2.00 e. The molecule has 0 radical (unpaired) electrons. The number of carbonyl (C=O) groups excluding carboxylic acids is 2. The third-order valence-corrected chi connectivity index (χ3v) is 8.20. The van der Waals surface area contributed by atoms with Gasteiger partial charge in [-0.15, -0.1) is 0 Å². The van der Waals surface area contributed by atoms with Crippen molar-refractivity contribution in [2.75, 3.05) is 0 Å². The molecule has 2 N–H and O–H groups in total. The number of H-pyrrole nitrogens is 2. The van der Waals surface area contributed by atoms with Gasteiger partial charge in [0.1, 0.15) is 0 Å². The molecule has 0 aliphatic carbocycles. The molecule has 8 bridgehead atoms. The number of aromatic amines is 2. The Balaban J connectivity index is 0.00000423. The van der Waals surface area contributed by atoms with E-state index in [1.165, 1.54) is 0 Å². The van der Waals surface area contributed by atoms with E-state index in [0.29, 0.717) is 16.9 Å². The van der Waals surface area contributed by atoms with E-state index in [9.17, 15) is 19.8 Å². The fourth-order valence-corrected chi connectivity index (χ4v) is 5.76. The fourth-order valence-electron chi connectivity index (χ4n) is 5.76. The summed E-state index contributed by atoms with van der Waals surface area (Å²) in [4.78, 5) is 39.7. The summed E-state index contributed by atoms with van der Waals surface area (Å²) in [6.07, 6.45) is 3.81. The second-order valence-corrected chi connectivity index (χ2v) is 10.7. The predicted octanol–water partition coefficient (Wildman–Crippen LogP) is 4.83. The van der Waals surface area contributed by atoms with Gasteiger partial charge in [0.2, 0.25) is 0 Å². The maximum Gasteiger partial charge on any atom is 2.00 e. The van der Waals surface area contributed by atoms with Gasteiger partial charge in [0.05, 0.1) is 22.8 Å². The van der Waals surface area contributed by atoms with Crippen LogP contribution >= 0.6 is 0 Å². The predicted molar refractivity (Wildman–Crippen MR) is 163 cm³/mol. The standard InChI is InChI=1S/C34H34N4O4.Fe/c1-7-21-17(3)25-13-26-19(5)23(9-11-33(39)40)31(37-26)16-32-24(10-12-34(41)42)20(6)28(38-32)15-30-22(8-2)18(4)27(36-30)14-29(21)35-25;/h7-8,13-16,35,38H,1-2,9-12H2,3-6H3,(H,39,40)(H,41,42);/q;+2/p-2. The summed E-state index contributed by atoms with van der Waals surface area (Å²) in [5.74, 6) is -2.28. The van der Waals surface area contributed by atoms with E-state index in [0.717, 1.165) is 72.5 Å². The normalized spacial score (nSPS) is 12.7. The first-order valence-electron chi connectivity index (χ1n) is 13.8. The van der Waals surface area contributed by atoms with Crippen molar-refractivity contribution in [1.82, 2.24) is 19.9 Å². The van der Waals surface area contributed by atoms with Crippen LogP contribution in [0.5, 0.6) is 0 Å². The first-order valence-corrected chi connectivity index (χ1v) is 13.8. The number of carboxylic acids is 2. The van der Waals surface area contributed by atoms with Crippen LogP contribution < -0.4 is 10.2 Å². The fraction of sp³-hybridized carbons (Fsp3) is 0.235. The van der Waals surface area contributed by atoms with Gasteiger partial charge in [0.15, 0.2) is 0 Å². The summed E-state index contributed by atoms with van der Waals surface area (Å²) in [6.45, 7) is 15.9. The number of fused-ring (bicyclic) bond motifs is 8. The molecule has 9 heteroatoms. The summed E-state index contributed by atoms with van der Waals surface area (Å²) in [7, 11) is 0. The maximum absolute atomic E-state index is 11.4. The second kappa shape index (κ2) is 12.4. The van der Waals surface area contributed by atoms with Crippen molar-refractivity contribution in [1.29, 1.82) is 0 Å². The van der Waals surface area contributed by atoms with Crippen molar-refractivity contribution in [2.45, 2.75) is 53.4 Å². The van der Waals surface area contributed by atoms with Crippen molar-refractivity contribution >= 4 is 62.4 Å².